The van der Waals surface area contributed by atoms with Gasteiger partial charge in [-0.2, -0.15) is 0 Å². The van der Waals surface area contributed by atoms with Gasteiger partial charge in [0.25, 0.3) is 0 Å². The SMILES string of the molecule is CN(C)C(=O)CN=C(NCC1CCOC1)N(C)Cc1ccccc1Br.I. The Balaban J connectivity index is 0.00000338. The van der Waals surface area contributed by atoms with E-state index in [1.807, 2.05) is 30.1 Å². The first-order valence-corrected chi connectivity index (χ1v) is 9.27. The van der Waals surface area contributed by atoms with Crippen molar-refractivity contribution in [3.05, 3.63) is 34.3 Å². The number of nitrogens with zero attached hydrogens (tertiary/aromatic N) is 3. The number of aliphatic imine (C=N–C) groups is 1. The van der Waals surface area contributed by atoms with Crippen LogP contribution in [0, 0.1) is 5.92 Å². The van der Waals surface area contributed by atoms with Crippen molar-refractivity contribution in [2.45, 2.75) is 13.0 Å². The monoisotopic (exact) mass is 538 g/mol. The summed E-state index contributed by atoms with van der Waals surface area (Å²) in [7, 11) is 5.47. The lowest BCUT2D eigenvalue weighted by Gasteiger charge is -2.24. The molecule has 1 fully saturated rings. The lowest BCUT2D eigenvalue weighted by atomic mass is 10.1. The number of carbonyl (C=O) groups excluding carboxylic acids is 1. The maximum absolute atomic E-state index is 11.9. The van der Waals surface area contributed by atoms with Crippen molar-refractivity contribution >= 4 is 51.8 Å². The molecule has 1 heterocycles. The van der Waals surface area contributed by atoms with Gasteiger partial charge >= 0.3 is 0 Å². The summed E-state index contributed by atoms with van der Waals surface area (Å²) >= 11 is 3.58. The van der Waals surface area contributed by atoms with E-state index >= 15 is 0 Å². The number of amides is 1. The van der Waals surface area contributed by atoms with E-state index < -0.39 is 0 Å². The minimum absolute atomic E-state index is 0. The summed E-state index contributed by atoms with van der Waals surface area (Å²) in [5.41, 5.74) is 1.17. The van der Waals surface area contributed by atoms with Crippen molar-refractivity contribution in [3.63, 3.8) is 0 Å². The van der Waals surface area contributed by atoms with Crippen LogP contribution in [-0.2, 0) is 16.1 Å². The molecule has 0 radical (unpaired) electrons. The van der Waals surface area contributed by atoms with Gasteiger partial charge < -0.3 is 19.9 Å². The van der Waals surface area contributed by atoms with Gasteiger partial charge in [-0.15, -0.1) is 24.0 Å². The molecule has 26 heavy (non-hydrogen) atoms. The molecule has 1 aromatic rings. The van der Waals surface area contributed by atoms with Crippen LogP contribution in [0.4, 0.5) is 0 Å². The van der Waals surface area contributed by atoms with Gasteiger partial charge in [-0.3, -0.25) is 4.79 Å². The molecular formula is C18H28BrIN4O2. The minimum atomic E-state index is -0.0159. The first-order valence-electron chi connectivity index (χ1n) is 8.48. The number of nitrogens with one attached hydrogen (secondary N) is 1. The van der Waals surface area contributed by atoms with E-state index in [0.717, 1.165) is 36.6 Å². The Bertz CT molecular complexity index is 607. The van der Waals surface area contributed by atoms with Crippen LogP contribution in [-0.4, -0.2) is 69.1 Å². The fraction of sp³-hybridized carbons (Fsp3) is 0.556. The van der Waals surface area contributed by atoms with Crippen molar-refractivity contribution in [2.75, 3.05) is 47.4 Å². The molecule has 1 atom stereocenters. The Kier molecular flexibility index (Phi) is 10.5. The van der Waals surface area contributed by atoms with E-state index in [0.29, 0.717) is 12.5 Å². The van der Waals surface area contributed by atoms with Gasteiger partial charge in [0.05, 0.1) is 6.61 Å². The van der Waals surface area contributed by atoms with Crippen LogP contribution < -0.4 is 5.32 Å². The highest BCUT2D eigenvalue weighted by Crippen LogP contribution is 2.17. The van der Waals surface area contributed by atoms with Crippen LogP contribution in [0.5, 0.6) is 0 Å². The fourth-order valence-electron chi connectivity index (χ4n) is 2.53. The first-order chi connectivity index (χ1) is 12.0. The number of benzene rings is 1. The van der Waals surface area contributed by atoms with Gasteiger partial charge in [-0.05, 0) is 18.1 Å². The van der Waals surface area contributed by atoms with Crippen LogP contribution in [0.1, 0.15) is 12.0 Å². The maximum atomic E-state index is 11.9. The Morgan fingerprint density at radius 1 is 1.35 bits per heavy atom. The molecule has 0 bridgehead atoms. The largest absolute Gasteiger partial charge is 0.381 e. The first kappa shape index (κ1) is 23.2. The van der Waals surface area contributed by atoms with Crippen LogP contribution in [0.3, 0.4) is 0 Å². The van der Waals surface area contributed by atoms with Gasteiger partial charge in [-0.25, -0.2) is 4.99 Å². The molecule has 0 saturated carbocycles. The standard InChI is InChI=1S/C18H27BrN4O2.HI/c1-22(2)17(24)11-21-18(20-10-14-8-9-25-13-14)23(3)12-15-6-4-5-7-16(15)19;/h4-7,14H,8-13H2,1-3H3,(H,20,21);1H. The second kappa shape index (κ2) is 11.8. The molecule has 1 aliphatic rings. The summed E-state index contributed by atoms with van der Waals surface area (Å²) in [4.78, 5) is 20.0. The average molecular weight is 539 g/mol. The smallest absolute Gasteiger partial charge is 0.243 e. The third-order valence-electron chi connectivity index (χ3n) is 4.16. The summed E-state index contributed by atoms with van der Waals surface area (Å²) in [6.07, 6.45) is 1.06. The molecular weight excluding hydrogens is 511 g/mol. The third kappa shape index (κ3) is 7.40. The molecule has 6 nitrogen and oxygen atoms in total. The molecule has 1 saturated heterocycles. The average Bonchev–Trinajstić information content (AvgIpc) is 3.10. The van der Waals surface area contributed by atoms with Crippen molar-refractivity contribution in [3.8, 4) is 0 Å². The van der Waals surface area contributed by atoms with Gasteiger partial charge in [0.1, 0.15) is 6.54 Å². The molecule has 0 aliphatic carbocycles. The summed E-state index contributed by atoms with van der Waals surface area (Å²) in [5, 5.41) is 3.41. The molecule has 1 aliphatic heterocycles. The predicted molar refractivity (Wildman–Crippen MR) is 119 cm³/mol. The lowest BCUT2D eigenvalue weighted by molar-refractivity contribution is -0.127. The normalized spacial score (nSPS) is 16.8. The Morgan fingerprint density at radius 2 is 2.08 bits per heavy atom. The van der Waals surface area contributed by atoms with Crippen molar-refractivity contribution in [1.82, 2.24) is 15.1 Å². The zero-order chi connectivity index (χ0) is 18.2. The van der Waals surface area contributed by atoms with E-state index in [9.17, 15) is 4.79 Å². The van der Waals surface area contributed by atoms with Crippen molar-refractivity contribution in [2.24, 2.45) is 10.9 Å². The summed E-state index contributed by atoms with van der Waals surface area (Å²) in [6.45, 7) is 3.24. The molecule has 1 unspecified atom stereocenters. The van der Waals surface area contributed by atoms with E-state index in [2.05, 4.69) is 32.3 Å². The molecule has 1 amide bonds. The second-order valence-corrected chi connectivity index (χ2v) is 7.34. The highest BCUT2D eigenvalue weighted by molar-refractivity contribution is 14.0. The highest BCUT2D eigenvalue weighted by Gasteiger charge is 2.17. The highest BCUT2D eigenvalue weighted by atomic mass is 127. The Labute approximate surface area is 181 Å². The van der Waals surface area contributed by atoms with Gasteiger partial charge in [0, 0.05) is 51.2 Å². The Morgan fingerprint density at radius 3 is 2.69 bits per heavy atom. The van der Waals surface area contributed by atoms with Crippen LogP contribution in [0.2, 0.25) is 0 Å². The van der Waals surface area contributed by atoms with E-state index in [1.54, 1.807) is 19.0 Å². The number of hydrogen-bond acceptors (Lipinski definition) is 3. The third-order valence-corrected chi connectivity index (χ3v) is 4.94. The zero-order valence-corrected chi connectivity index (χ0v) is 19.5. The fourth-order valence-corrected chi connectivity index (χ4v) is 2.94. The van der Waals surface area contributed by atoms with Crippen LogP contribution in [0.25, 0.3) is 0 Å². The number of likely N-dealkylation sites (N-methyl/N-ethyl adjacent to an activating group) is 1. The van der Waals surface area contributed by atoms with E-state index in [-0.39, 0.29) is 36.4 Å². The molecule has 1 N–H and O–H groups in total. The Hall–Kier alpha value is -0.870. The van der Waals surface area contributed by atoms with E-state index in [1.165, 1.54) is 5.56 Å². The number of halogens is 2. The van der Waals surface area contributed by atoms with Gasteiger partial charge in [0.15, 0.2) is 5.96 Å². The van der Waals surface area contributed by atoms with Crippen LogP contribution >= 0.6 is 39.9 Å². The number of guanidine groups is 1. The molecule has 2 rings (SSSR count). The summed E-state index contributed by atoms with van der Waals surface area (Å²) < 4.78 is 6.50. The molecule has 0 aromatic heterocycles. The molecule has 146 valence electrons. The number of ether oxygens (including phenoxy) is 1. The van der Waals surface area contributed by atoms with E-state index in [4.69, 9.17) is 4.74 Å². The van der Waals surface area contributed by atoms with Crippen LogP contribution in [0.15, 0.2) is 33.7 Å². The van der Waals surface area contributed by atoms with Crippen molar-refractivity contribution in [1.29, 1.82) is 0 Å². The molecule has 8 heteroatoms. The number of hydrogen-bond donors (Lipinski definition) is 1. The maximum Gasteiger partial charge on any atom is 0.243 e. The summed E-state index contributed by atoms with van der Waals surface area (Å²) in [5.74, 6) is 1.21. The van der Waals surface area contributed by atoms with Gasteiger partial charge in [0.2, 0.25) is 5.91 Å². The summed E-state index contributed by atoms with van der Waals surface area (Å²) in [6, 6.07) is 8.12. The quantitative estimate of drug-likeness (QED) is 0.343. The number of rotatable bonds is 6. The topological polar surface area (TPSA) is 57.2 Å². The second-order valence-electron chi connectivity index (χ2n) is 6.49. The predicted octanol–water partition coefficient (Wildman–Crippen LogP) is 2.57. The molecule has 1 aromatic carbocycles. The zero-order valence-electron chi connectivity index (χ0n) is 15.6. The molecule has 0 spiro atoms. The van der Waals surface area contributed by atoms with Crippen molar-refractivity contribution < 1.29 is 9.53 Å². The lowest BCUT2D eigenvalue weighted by Crippen LogP contribution is -2.41. The van der Waals surface area contributed by atoms with Gasteiger partial charge in [-0.1, -0.05) is 34.1 Å². The minimum Gasteiger partial charge on any atom is -0.381 e. The number of carbonyl (C=O) groups is 1.